The third kappa shape index (κ3) is 3.15. The van der Waals surface area contributed by atoms with E-state index in [4.69, 9.17) is 15.2 Å². The van der Waals surface area contributed by atoms with Gasteiger partial charge >= 0.3 is 0 Å². The number of amides is 1. The Balaban J connectivity index is 1.56. The molecule has 20 heavy (non-hydrogen) atoms. The molecule has 3 rings (SSSR count). The zero-order valence-corrected chi connectivity index (χ0v) is 12.1. The third-order valence-corrected chi connectivity index (χ3v) is 4.85. The van der Waals surface area contributed by atoms with Gasteiger partial charge in [0.15, 0.2) is 0 Å². The number of ether oxygens (including phenoxy) is 2. The minimum Gasteiger partial charge on any atom is -0.375 e. The van der Waals surface area contributed by atoms with Crippen molar-refractivity contribution in [1.82, 2.24) is 4.90 Å². The topological polar surface area (TPSA) is 64.8 Å². The molecule has 0 aromatic rings. The van der Waals surface area contributed by atoms with Gasteiger partial charge in [-0.2, -0.15) is 0 Å². The summed E-state index contributed by atoms with van der Waals surface area (Å²) in [5, 5.41) is 0. The van der Waals surface area contributed by atoms with Crippen molar-refractivity contribution in [3.8, 4) is 0 Å². The van der Waals surface area contributed by atoms with Gasteiger partial charge in [0.2, 0.25) is 5.91 Å². The average molecular weight is 282 g/mol. The number of carbonyl (C=O) groups is 1. The lowest BCUT2D eigenvalue weighted by Crippen LogP contribution is -2.52. The lowest BCUT2D eigenvalue weighted by molar-refractivity contribution is -0.150. The second-order valence-electron chi connectivity index (χ2n) is 6.37. The van der Waals surface area contributed by atoms with Crippen molar-refractivity contribution in [3.05, 3.63) is 0 Å². The van der Waals surface area contributed by atoms with E-state index in [1.165, 1.54) is 0 Å². The van der Waals surface area contributed by atoms with Crippen molar-refractivity contribution in [1.29, 1.82) is 0 Å². The Morgan fingerprint density at radius 1 is 1.05 bits per heavy atom. The summed E-state index contributed by atoms with van der Waals surface area (Å²) in [5.74, 6) is 0.411. The Bertz CT molecular complexity index is 344. The maximum absolute atomic E-state index is 12.6. The molecule has 0 radical (unpaired) electrons. The van der Waals surface area contributed by atoms with E-state index in [-0.39, 0.29) is 30.1 Å². The fourth-order valence-electron chi connectivity index (χ4n) is 3.71. The number of nitrogens with two attached hydrogens (primary N) is 1. The highest BCUT2D eigenvalue weighted by molar-refractivity contribution is 5.79. The normalized spacial score (nSPS) is 39.0. The fourth-order valence-corrected chi connectivity index (χ4v) is 3.71. The molecule has 1 saturated carbocycles. The molecule has 0 aromatic heterocycles. The first-order valence-electron chi connectivity index (χ1n) is 8.01. The molecule has 0 aromatic carbocycles. The van der Waals surface area contributed by atoms with E-state index in [1.807, 2.05) is 4.90 Å². The number of morpholine rings is 1. The first kappa shape index (κ1) is 14.3. The first-order chi connectivity index (χ1) is 9.74. The quantitative estimate of drug-likeness (QED) is 0.817. The molecule has 4 atom stereocenters. The predicted octanol–water partition coefficient (Wildman–Crippen LogP) is 0.910. The first-order valence-corrected chi connectivity index (χ1v) is 8.01. The van der Waals surface area contributed by atoms with Gasteiger partial charge < -0.3 is 20.1 Å². The van der Waals surface area contributed by atoms with E-state index < -0.39 is 0 Å². The van der Waals surface area contributed by atoms with Crippen molar-refractivity contribution in [2.75, 3.05) is 26.3 Å². The van der Waals surface area contributed by atoms with Gasteiger partial charge in [-0.25, -0.2) is 0 Å². The van der Waals surface area contributed by atoms with Crippen molar-refractivity contribution >= 4 is 5.91 Å². The molecule has 2 heterocycles. The number of rotatable bonds is 2. The van der Waals surface area contributed by atoms with E-state index in [2.05, 4.69) is 0 Å². The molecule has 3 fully saturated rings. The molecule has 5 nitrogen and oxygen atoms in total. The van der Waals surface area contributed by atoms with Crippen LogP contribution in [-0.2, 0) is 14.3 Å². The molecule has 0 unspecified atom stereocenters. The van der Waals surface area contributed by atoms with Gasteiger partial charge in [0.1, 0.15) is 6.10 Å². The summed E-state index contributed by atoms with van der Waals surface area (Å²) in [6, 6.07) is 0.202. The van der Waals surface area contributed by atoms with Gasteiger partial charge in [-0.3, -0.25) is 4.79 Å². The van der Waals surface area contributed by atoms with Crippen LogP contribution in [0.25, 0.3) is 0 Å². The zero-order chi connectivity index (χ0) is 13.9. The van der Waals surface area contributed by atoms with Crippen molar-refractivity contribution in [2.24, 2.45) is 11.7 Å². The van der Waals surface area contributed by atoms with Gasteiger partial charge in [0, 0.05) is 31.7 Å². The number of nitrogens with zero attached hydrogens (tertiary/aromatic N) is 1. The van der Waals surface area contributed by atoms with Gasteiger partial charge in [-0.05, 0) is 32.1 Å². The second-order valence-corrected chi connectivity index (χ2v) is 6.37. The van der Waals surface area contributed by atoms with Crippen LogP contribution in [0.4, 0.5) is 0 Å². The summed E-state index contributed by atoms with van der Waals surface area (Å²) in [6.45, 7) is 2.87. The lowest BCUT2D eigenvalue weighted by Gasteiger charge is -2.38. The monoisotopic (exact) mass is 282 g/mol. The highest BCUT2D eigenvalue weighted by atomic mass is 16.5. The molecule has 114 valence electrons. The molecular formula is C15H26N2O3. The number of hydrogen-bond donors (Lipinski definition) is 1. The summed E-state index contributed by atoms with van der Waals surface area (Å²) < 4.78 is 11.5. The van der Waals surface area contributed by atoms with Crippen LogP contribution in [0, 0.1) is 5.92 Å². The molecule has 2 N–H and O–H groups in total. The van der Waals surface area contributed by atoms with Crippen LogP contribution < -0.4 is 5.73 Å². The Kier molecular flexibility index (Phi) is 4.58. The summed E-state index contributed by atoms with van der Waals surface area (Å²) in [7, 11) is 0. The van der Waals surface area contributed by atoms with Gasteiger partial charge in [-0.15, -0.1) is 0 Å². The number of hydrogen-bond acceptors (Lipinski definition) is 4. The SMILES string of the molecule is N[C@@H]1CCC[C@H](C(=O)N2CCO[C@H]([C@@H]3CCCO3)C2)C1. The maximum atomic E-state index is 12.6. The Hall–Kier alpha value is -0.650. The standard InChI is InChI=1S/C15H26N2O3/c16-12-4-1-3-11(9-12)15(18)17-6-8-20-14(10-17)13-5-2-7-19-13/h11-14H,1-10,16H2/t11-,12+,13-,14-/m0/s1. The van der Waals surface area contributed by atoms with E-state index in [0.717, 1.165) is 45.1 Å². The molecule has 0 spiro atoms. The zero-order valence-electron chi connectivity index (χ0n) is 12.1. The Morgan fingerprint density at radius 2 is 1.90 bits per heavy atom. The predicted molar refractivity (Wildman–Crippen MR) is 75.2 cm³/mol. The van der Waals surface area contributed by atoms with Crippen LogP contribution in [-0.4, -0.2) is 55.4 Å². The van der Waals surface area contributed by atoms with Crippen molar-refractivity contribution in [2.45, 2.75) is 56.8 Å². The molecular weight excluding hydrogens is 256 g/mol. The average Bonchev–Trinajstić information content (AvgIpc) is 3.01. The van der Waals surface area contributed by atoms with Crippen LogP contribution in [0.5, 0.6) is 0 Å². The second kappa shape index (κ2) is 6.41. The van der Waals surface area contributed by atoms with Crippen molar-refractivity contribution in [3.63, 3.8) is 0 Å². The van der Waals surface area contributed by atoms with Crippen LogP contribution in [0.2, 0.25) is 0 Å². The minimum atomic E-state index is 0.0625. The maximum Gasteiger partial charge on any atom is 0.225 e. The molecule has 0 bridgehead atoms. The van der Waals surface area contributed by atoms with Gasteiger partial charge in [-0.1, -0.05) is 6.42 Å². The Morgan fingerprint density at radius 3 is 2.65 bits per heavy atom. The van der Waals surface area contributed by atoms with E-state index >= 15 is 0 Å². The molecule has 2 aliphatic heterocycles. The summed E-state index contributed by atoms with van der Waals surface area (Å²) in [6.07, 6.45) is 6.39. The molecule has 1 aliphatic carbocycles. The van der Waals surface area contributed by atoms with Crippen LogP contribution in [0.15, 0.2) is 0 Å². The number of carbonyl (C=O) groups excluding carboxylic acids is 1. The molecule has 2 saturated heterocycles. The minimum absolute atomic E-state index is 0.0625. The lowest BCUT2D eigenvalue weighted by atomic mass is 9.85. The van der Waals surface area contributed by atoms with Gasteiger partial charge in [0.25, 0.3) is 0 Å². The molecule has 5 heteroatoms. The largest absolute Gasteiger partial charge is 0.375 e. The third-order valence-electron chi connectivity index (χ3n) is 4.85. The van der Waals surface area contributed by atoms with E-state index in [1.54, 1.807) is 0 Å². The van der Waals surface area contributed by atoms with Crippen LogP contribution in [0.1, 0.15) is 38.5 Å². The smallest absolute Gasteiger partial charge is 0.225 e. The summed E-state index contributed by atoms with van der Waals surface area (Å²) in [5.41, 5.74) is 6.00. The van der Waals surface area contributed by atoms with E-state index in [0.29, 0.717) is 19.7 Å². The van der Waals surface area contributed by atoms with Crippen LogP contribution >= 0.6 is 0 Å². The highest BCUT2D eigenvalue weighted by Crippen LogP contribution is 2.27. The summed E-state index contributed by atoms with van der Waals surface area (Å²) >= 11 is 0. The highest BCUT2D eigenvalue weighted by Gasteiger charge is 2.35. The van der Waals surface area contributed by atoms with Gasteiger partial charge in [0.05, 0.1) is 12.7 Å². The van der Waals surface area contributed by atoms with Crippen LogP contribution in [0.3, 0.4) is 0 Å². The summed E-state index contributed by atoms with van der Waals surface area (Å²) in [4.78, 5) is 14.6. The Labute approximate surface area is 120 Å². The molecule has 3 aliphatic rings. The fraction of sp³-hybridized carbons (Fsp3) is 0.933. The van der Waals surface area contributed by atoms with Crippen molar-refractivity contribution < 1.29 is 14.3 Å². The van der Waals surface area contributed by atoms with E-state index in [9.17, 15) is 4.79 Å². The molecule has 1 amide bonds.